The van der Waals surface area contributed by atoms with Crippen molar-refractivity contribution in [3.05, 3.63) is 223 Å². The Kier molecular flexibility index (Phi) is 12.3. The minimum atomic E-state index is -0.344. The van der Waals surface area contributed by atoms with Crippen molar-refractivity contribution >= 4 is 44.6 Å². The number of nitrogens with zero attached hydrogens (tertiary/aromatic N) is 4. The summed E-state index contributed by atoms with van der Waals surface area (Å²) in [5.41, 5.74) is 12.6. The van der Waals surface area contributed by atoms with Crippen LogP contribution in [0.3, 0.4) is 0 Å². The molecule has 0 saturated heterocycles. The molecular formula is C70H67N4OPt-3. The second kappa shape index (κ2) is 19.7. The Morgan fingerprint density at radius 1 is 0.487 bits per heavy atom. The number of ether oxygens (including phenoxy) is 1. The third-order valence-corrected chi connectivity index (χ3v) is 14.5. The molecule has 0 atom stereocenters. The van der Waals surface area contributed by atoms with Gasteiger partial charge in [-0.1, -0.05) is 210 Å². The summed E-state index contributed by atoms with van der Waals surface area (Å²) >= 11 is 0. The van der Waals surface area contributed by atoms with Crippen LogP contribution >= 0.6 is 0 Å². The van der Waals surface area contributed by atoms with E-state index in [1.54, 1.807) is 0 Å². The summed E-state index contributed by atoms with van der Waals surface area (Å²) in [6.45, 7) is 28.1. The summed E-state index contributed by atoms with van der Waals surface area (Å²) in [7, 11) is 0. The molecular weight excluding hydrogens is 1110 g/mol. The smallest absolute Gasteiger partial charge is 0.135 e. The fourth-order valence-corrected chi connectivity index (χ4v) is 10.2. The number of hydrogen-bond acceptors (Lipinski definition) is 4. The molecule has 76 heavy (non-hydrogen) atoms. The van der Waals surface area contributed by atoms with E-state index >= 15 is 0 Å². The Bertz CT molecular complexity index is 3980. The predicted octanol–water partition coefficient (Wildman–Crippen LogP) is 19.2. The van der Waals surface area contributed by atoms with E-state index in [9.17, 15) is 5.48 Å². The van der Waals surface area contributed by atoms with Crippen LogP contribution in [-0.2, 0) is 42.7 Å². The Morgan fingerprint density at radius 3 is 1.71 bits per heavy atom. The molecule has 0 fully saturated rings. The zero-order chi connectivity index (χ0) is 56.1. The minimum absolute atomic E-state index is 0. The Morgan fingerprint density at radius 2 is 1.07 bits per heavy atom. The van der Waals surface area contributed by atoms with E-state index < -0.39 is 0 Å². The van der Waals surface area contributed by atoms with Crippen molar-refractivity contribution in [3.8, 4) is 50.7 Å². The molecule has 1 aliphatic heterocycles. The largest absolute Gasteiger partial charge is 0.509 e. The molecule has 2 aromatic heterocycles. The van der Waals surface area contributed by atoms with Gasteiger partial charge < -0.3 is 19.1 Å². The van der Waals surface area contributed by atoms with Crippen molar-refractivity contribution in [1.82, 2.24) is 9.55 Å². The van der Waals surface area contributed by atoms with Crippen LogP contribution in [0, 0.1) is 18.8 Å². The molecule has 0 radical (unpaired) electrons. The fourth-order valence-electron chi connectivity index (χ4n) is 10.2. The first kappa shape index (κ1) is 47.3. The Balaban J connectivity index is 0.00000720. The van der Waals surface area contributed by atoms with Crippen LogP contribution in [0.4, 0.5) is 22.7 Å². The van der Waals surface area contributed by atoms with Gasteiger partial charge in [0.05, 0.1) is 5.48 Å². The van der Waals surface area contributed by atoms with Gasteiger partial charge in [-0.15, -0.1) is 48.1 Å². The molecule has 0 aliphatic carbocycles. The maximum atomic E-state index is 9.90. The van der Waals surface area contributed by atoms with E-state index in [0.29, 0.717) is 33.9 Å². The van der Waals surface area contributed by atoms with Gasteiger partial charge in [0.15, 0.2) is 0 Å². The second-order valence-corrected chi connectivity index (χ2v) is 24.0. The Labute approximate surface area is 471 Å². The van der Waals surface area contributed by atoms with E-state index in [2.05, 4.69) is 201 Å². The van der Waals surface area contributed by atoms with Crippen LogP contribution in [0.5, 0.6) is 11.5 Å². The third-order valence-electron chi connectivity index (χ3n) is 14.5. The number of hydrogen-bond donors (Lipinski definition) is 0. The van der Waals surface area contributed by atoms with Crippen molar-refractivity contribution in [1.29, 1.82) is 0 Å². The molecule has 0 spiro atoms. The van der Waals surface area contributed by atoms with Crippen molar-refractivity contribution < 1.29 is 31.3 Å². The van der Waals surface area contributed by atoms with Gasteiger partial charge in [-0.2, -0.15) is 12.1 Å². The predicted molar refractivity (Wildman–Crippen MR) is 315 cm³/mol. The normalized spacial score (nSPS) is 13.8. The molecule has 386 valence electrons. The molecule has 6 heteroatoms. The topological polar surface area (TPSA) is 33.5 Å². The summed E-state index contributed by atoms with van der Waals surface area (Å²) in [6.07, 6.45) is 1.96. The summed E-state index contributed by atoms with van der Waals surface area (Å²) in [5.74, 6) is 1.83. The van der Waals surface area contributed by atoms with Gasteiger partial charge in [-0.05, 0) is 95.8 Å². The first-order valence-electron chi connectivity index (χ1n) is 28.0. The first-order chi connectivity index (χ1) is 37.4. The summed E-state index contributed by atoms with van der Waals surface area (Å²) in [4.78, 5) is 9.15. The number of para-hydroxylation sites is 4. The van der Waals surface area contributed by atoms with Crippen molar-refractivity contribution in [3.63, 3.8) is 0 Å². The zero-order valence-electron chi connectivity index (χ0n) is 49.6. The summed E-state index contributed by atoms with van der Waals surface area (Å²) in [6, 6.07) is 58.2. The zero-order valence-corrected chi connectivity index (χ0v) is 47.9. The molecule has 0 saturated carbocycles. The average Bonchev–Trinajstić information content (AvgIpc) is 4.02. The van der Waals surface area contributed by atoms with Gasteiger partial charge >= 0.3 is 0 Å². The molecule has 0 unspecified atom stereocenters. The van der Waals surface area contributed by atoms with E-state index in [1.807, 2.05) is 73.5 Å². The van der Waals surface area contributed by atoms with Gasteiger partial charge in [0.25, 0.3) is 0 Å². The number of aromatic nitrogens is 2. The molecule has 1 aliphatic rings. The van der Waals surface area contributed by atoms with Gasteiger partial charge in [0, 0.05) is 72.5 Å². The monoisotopic (exact) mass is 1180 g/mol. The van der Waals surface area contributed by atoms with Crippen molar-refractivity contribution in [2.45, 2.75) is 105 Å². The van der Waals surface area contributed by atoms with Crippen LogP contribution in [0.1, 0.15) is 111 Å². The van der Waals surface area contributed by atoms with Gasteiger partial charge in [0.2, 0.25) is 0 Å². The van der Waals surface area contributed by atoms with Gasteiger partial charge in [0.1, 0.15) is 5.82 Å². The number of benzene rings is 8. The van der Waals surface area contributed by atoms with Crippen molar-refractivity contribution in [2.24, 2.45) is 0 Å². The first-order valence-corrected chi connectivity index (χ1v) is 26.0. The maximum Gasteiger partial charge on any atom is 0.135 e. The van der Waals surface area contributed by atoms with Gasteiger partial charge in [-0.3, -0.25) is 0 Å². The molecule has 8 aromatic carbocycles. The number of rotatable bonds is 8. The third kappa shape index (κ3) is 9.91. The fraction of sp³-hybridized carbons (Fsp3) is 0.229. The van der Waals surface area contributed by atoms with Crippen molar-refractivity contribution in [2.75, 3.05) is 9.80 Å². The molecule has 11 rings (SSSR count). The number of anilines is 4. The molecule has 0 N–H and O–H groups in total. The van der Waals surface area contributed by atoms with Crippen LogP contribution in [0.2, 0.25) is 0 Å². The van der Waals surface area contributed by atoms with Gasteiger partial charge in [-0.25, -0.2) is 4.98 Å². The second-order valence-electron chi connectivity index (χ2n) is 24.0. The number of pyridine rings is 1. The molecule has 10 aromatic rings. The van der Waals surface area contributed by atoms with E-state index in [1.165, 1.54) is 5.56 Å². The standard InChI is InChI=1S/C70H67N4O.Pt/c1-67(2,3)49-33-31-48(32-34-49)57-23-18-22-56(47-29-27-46(28-30-47)55-38-35-50(68(4,5)6)41-60(55)70(10,11)12)66(57)73-45-72(62-25-15-16-26-63(62)73)52-19-17-20-53(42-52)75-54-37-39-59-58-21-13-14-24-61(58)74(64(59)43-54)65-40-36-51(44-71-65)69(7,8)9;/h13-41,44-45H,1-12H3;/q-3;/i27D,28D,29D,30D;. The van der Waals surface area contributed by atoms with E-state index in [0.717, 1.165) is 72.5 Å². The Hall–Kier alpha value is -7.20. The van der Waals surface area contributed by atoms with E-state index in [4.69, 9.17) is 9.72 Å². The number of fused-ring (bicyclic) bond motifs is 4. The molecule has 5 nitrogen and oxygen atoms in total. The summed E-state index contributed by atoms with van der Waals surface area (Å²) in [5, 5.41) is 2.14. The van der Waals surface area contributed by atoms with E-state index in [-0.39, 0.29) is 72.5 Å². The van der Waals surface area contributed by atoms with Crippen LogP contribution in [-0.4, -0.2) is 9.55 Å². The average molecular weight is 1180 g/mol. The molecule has 0 amide bonds. The van der Waals surface area contributed by atoms with Crippen LogP contribution in [0.25, 0.3) is 61.0 Å². The van der Waals surface area contributed by atoms with Crippen LogP contribution in [0.15, 0.2) is 182 Å². The maximum absolute atomic E-state index is 9.90. The molecule has 0 bridgehead atoms. The molecule has 3 heterocycles. The minimum Gasteiger partial charge on any atom is -0.509 e. The summed E-state index contributed by atoms with van der Waals surface area (Å²) < 4.78 is 48.2. The quantitative estimate of drug-likeness (QED) is 0.142. The SMILES string of the molecule is [2H]c1c([2H])c(-c2cccc(-c3ccc(C(C)(C)C)cc3)c2N2[CH-]N(c3[c-]c(Oc4[c-]c5c(cc4)c4ccccc4n5-c4ccc(C(C)(C)C)cn4)ccc3)c3ccccc32)c([2H])c([2H])c1-c1ccc(C(C)(C)C)cc1C(C)(C)C.[Pt]. The van der Waals surface area contributed by atoms with Crippen LogP contribution < -0.4 is 14.5 Å².